The predicted molar refractivity (Wildman–Crippen MR) is 112 cm³/mol. The van der Waals surface area contributed by atoms with Crippen molar-refractivity contribution >= 4 is 7.69 Å². The third-order valence-corrected chi connectivity index (χ3v) is 5.19. The third-order valence-electron chi connectivity index (χ3n) is 5.19. The second-order valence-electron chi connectivity index (χ2n) is 8.22. The Hall–Kier alpha value is -0.0151. The van der Waals surface area contributed by atoms with E-state index in [9.17, 15) is 0 Å². The van der Waals surface area contributed by atoms with Gasteiger partial charge in [-0.2, -0.15) is 0 Å². The van der Waals surface area contributed by atoms with Crippen LogP contribution in [0.4, 0.5) is 0 Å². The second kappa shape index (κ2) is 20.3. The largest absolute Gasteiger partial charge is 0.485 e. The van der Waals surface area contributed by atoms with E-state index >= 15 is 0 Å². The highest BCUT2D eigenvalue weighted by Gasteiger charge is 2.09. The maximum absolute atomic E-state index is 8.95. The van der Waals surface area contributed by atoms with Crippen LogP contribution in [-0.4, -0.2) is 18.8 Å². The highest BCUT2D eigenvalue weighted by molar-refractivity contribution is 6.15. The van der Waals surface area contributed by atoms with Gasteiger partial charge < -0.3 is 9.68 Å². The van der Waals surface area contributed by atoms with Crippen LogP contribution in [-0.2, 0) is 4.65 Å². The SMILES string of the molecule is CCCCCCCCCCCCC(CCCCCCC(C)C)O[B]O. The van der Waals surface area contributed by atoms with Gasteiger partial charge in [-0.1, -0.05) is 117 Å². The first-order valence-electron chi connectivity index (χ1n) is 11.3. The molecule has 0 aliphatic heterocycles. The molecule has 0 saturated carbocycles. The molecule has 0 heterocycles. The van der Waals surface area contributed by atoms with Gasteiger partial charge in [0.25, 0.3) is 0 Å². The molecule has 0 aliphatic rings. The summed E-state index contributed by atoms with van der Waals surface area (Å²) >= 11 is 0. The Bertz CT molecular complexity index is 246. The number of unbranched alkanes of at least 4 members (excludes halogenated alkanes) is 12. The highest BCUT2D eigenvalue weighted by Crippen LogP contribution is 2.17. The zero-order chi connectivity index (χ0) is 18.6. The minimum Gasteiger partial charge on any atom is -0.429 e. The standard InChI is InChI=1S/C22H46BO2/c1-4-5-6-7-8-9-10-11-12-16-19-22(25-23-24)20-17-14-13-15-18-21(2)3/h21-22,24H,4-20H2,1-3H3. The normalized spacial score (nSPS) is 12.7. The van der Waals surface area contributed by atoms with Gasteiger partial charge in [-0.15, -0.1) is 0 Å². The van der Waals surface area contributed by atoms with Crippen molar-refractivity contribution in [2.75, 3.05) is 0 Å². The molecule has 0 aromatic rings. The lowest BCUT2D eigenvalue weighted by molar-refractivity contribution is 0.156. The van der Waals surface area contributed by atoms with E-state index < -0.39 is 0 Å². The van der Waals surface area contributed by atoms with Gasteiger partial charge in [-0.25, -0.2) is 0 Å². The zero-order valence-electron chi connectivity index (χ0n) is 17.6. The van der Waals surface area contributed by atoms with Crippen molar-refractivity contribution in [1.29, 1.82) is 0 Å². The van der Waals surface area contributed by atoms with Crippen LogP contribution < -0.4 is 0 Å². The Labute approximate surface area is 159 Å². The molecule has 25 heavy (non-hydrogen) atoms. The molecule has 1 radical (unpaired) electrons. The lowest BCUT2D eigenvalue weighted by Gasteiger charge is -2.16. The molecule has 3 heteroatoms. The summed E-state index contributed by atoms with van der Waals surface area (Å²) in [4.78, 5) is 0. The molecule has 0 amide bonds. The van der Waals surface area contributed by atoms with Gasteiger partial charge in [0.1, 0.15) is 0 Å². The average Bonchev–Trinajstić information content (AvgIpc) is 2.59. The zero-order valence-corrected chi connectivity index (χ0v) is 17.6. The van der Waals surface area contributed by atoms with Gasteiger partial charge in [0, 0.05) is 6.10 Å². The van der Waals surface area contributed by atoms with Crippen molar-refractivity contribution in [2.24, 2.45) is 5.92 Å². The molecule has 0 bridgehead atoms. The van der Waals surface area contributed by atoms with Gasteiger partial charge in [0.05, 0.1) is 0 Å². The molecule has 0 fully saturated rings. The summed E-state index contributed by atoms with van der Waals surface area (Å²) in [5.74, 6) is 0.830. The fourth-order valence-electron chi connectivity index (χ4n) is 3.50. The van der Waals surface area contributed by atoms with Crippen molar-refractivity contribution in [3.63, 3.8) is 0 Å². The summed E-state index contributed by atoms with van der Waals surface area (Å²) in [6.45, 7) is 6.87. The second-order valence-corrected chi connectivity index (χ2v) is 8.22. The highest BCUT2D eigenvalue weighted by atomic mass is 16.5. The van der Waals surface area contributed by atoms with Crippen LogP contribution in [0.15, 0.2) is 0 Å². The van der Waals surface area contributed by atoms with E-state index in [2.05, 4.69) is 20.8 Å². The van der Waals surface area contributed by atoms with Crippen molar-refractivity contribution in [3.05, 3.63) is 0 Å². The minimum absolute atomic E-state index is 0.226. The first kappa shape index (κ1) is 25.0. The van der Waals surface area contributed by atoms with Gasteiger partial charge in [0.15, 0.2) is 0 Å². The summed E-state index contributed by atoms with van der Waals surface area (Å²) < 4.78 is 5.40. The van der Waals surface area contributed by atoms with E-state index in [1.807, 2.05) is 0 Å². The van der Waals surface area contributed by atoms with Gasteiger partial charge in [-0.3, -0.25) is 0 Å². The summed E-state index contributed by atoms with van der Waals surface area (Å²) in [5, 5.41) is 8.95. The molecule has 0 aromatic carbocycles. The monoisotopic (exact) mass is 353 g/mol. The molecule has 1 unspecified atom stereocenters. The predicted octanol–water partition coefficient (Wildman–Crippen LogP) is 7.21. The Balaban J connectivity index is 3.44. The van der Waals surface area contributed by atoms with Crippen LogP contribution in [0.3, 0.4) is 0 Å². The molecule has 0 saturated heterocycles. The van der Waals surface area contributed by atoms with E-state index in [0.29, 0.717) is 0 Å². The van der Waals surface area contributed by atoms with Crippen LogP contribution in [0.25, 0.3) is 0 Å². The smallest absolute Gasteiger partial charge is 0.429 e. The fourth-order valence-corrected chi connectivity index (χ4v) is 3.50. The number of rotatable bonds is 20. The topological polar surface area (TPSA) is 29.5 Å². The van der Waals surface area contributed by atoms with Crippen LogP contribution in [0.1, 0.15) is 130 Å². The Kier molecular flexibility index (Phi) is 20.3. The number of hydrogen-bond donors (Lipinski definition) is 1. The van der Waals surface area contributed by atoms with Crippen molar-refractivity contribution < 1.29 is 9.68 Å². The fraction of sp³-hybridized carbons (Fsp3) is 1.00. The van der Waals surface area contributed by atoms with Crippen LogP contribution in [0.2, 0.25) is 0 Å². The lowest BCUT2D eigenvalue weighted by atomic mass is 10.00. The minimum atomic E-state index is 0.226. The lowest BCUT2D eigenvalue weighted by Crippen LogP contribution is -2.15. The van der Waals surface area contributed by atoms with E-state index in [4.69, 9.17) is 9.68 Å². The summed E-state index contributed by atoms with van der Waals surface area (Å²) in [6.07, 6.45) is 22.7. The Morgan fingerprint density at radius 1 is 0.640 bits per heavy atom. The molecular weight excluding hydrogens is 307 g/mol. The van der Waals surface area contributed by atoms with E-state index in [-0.39, 0.29) is 6.10 Å². The molecule has 0 aromatic heterocycles. The first-order valence-corrected chi connectivity index (χ1v) is 11.3. The van der Waals surface area contributed by atoms with Gasteiger partial charge in [0.2, 0.25) is 0 Å². The first-order chi connectivity index (χ1) is 12.2. The molecule has 0 spiro atoms. The average molecular weight is 353 g/mol. The van der Waals surface area contributed by atoms with Crippen molar-refractivity contribution in [1.82, 2.24) is 0 Å². The summed E-state index contributed by atoms with van der Waals surface area (Å²) in [5.41, 5.74) is 0. The molecular formula is C22H46BO2. The van der Waals surface area contributed by atoms with E-state index in [0.717, 1.165) is 26.4 Å². The van der Waals surface area contributed by atoms with Crippen molar-refractivity contribution in [3.8, 4) is 0 Å². The van der Waals surface area contributed by atoms with Gasteiger partial charge in [-0.05, 0) is 18.8 Å². The molecule has 149 valence electrons. The quantitative estimate of drug-likeness (QED) is 0.185. The molecule has 0 rings (SSSR count). The summed E-state index contributed by atoms with van der Waals surface area (Å²) in [7, 11) is 0.903. The van der Waals surface area contributed by atoms with Gasteiger partial charge >= 0.3 is 7.69 Å². The van der Waals surface area contributed by atoms with E-state index in [1.54, 1.807) is 0 Å². The van der Waals surface area contributed by atoms with Crippen LogP contribution in [0, 0.1) is 5.92 Å². The Morgan fingerprint density at radius 3 is 1.44 bits per heavy atom. The summed E-state index contributed by atoms with van der Waals surface area (Å²) in [6, 6.07) is 0. The maximum atomic E-state index is 8.95. The molecule has 0 aliphatic carbocycles. The molecule has 1 N–H and O–H groups in total. The van der Waals surface area contributed by atoms with Crippen LogP contribution in [0.5, 0.6) is 0 Å². The third kappa shape index (κ3) is 20.2. The Morgan fingerprint density at radius 2 is 1.04 bits per heavy atom. The molecule has 1 atom stereocenters. The van der Waals surface area contributed by atoms with Crippen molar-refractivity contribution in [2.45, 2.75) is 136 Å². The number of hydrogen-bond acceptors (Lipinski definition) is 2. The molecule has 2 nitrogen and oxygen atoms in total. The van der Waals surface area contributed by atoms with Crippen LogP contribution >= 0.6 is 0 Å². The van der Waals surface area contributed by atoms with E-state index in [1.165, 1.54) is 96.3 Å². The maximum Gasteiger partial charge on any atom is 0.485 e.